The largest absolute Gasteiger partial charge is 0.497 e. The van der Waals surface area contributed by atoms with Gasteiger partial charge in [0.25, 0.3) is 0 Å². The third kappa shape index (κ3) is 23.3. The zero-order chi connectivity index (χ0) is 62.8. The molecular weight excluding hydrogens is 1190 g/mol. The highest BCUT2D eigenvalue weighted by atomic mass is 32.1. The Kier molecular flexibility index (Phi) is 26.8. The van der Waals surface area contributed by atoms with Gasteiger partial charge in [0.05, 0.1) is 88.4 Å². The number of hydrogen-bond donors (Lipinski definition) is 3. The van der Waals surface area contributed by atoms with Crippen molar-refractivity contribution < 1.29 is 56.4 Å². The Labute approximate surface area is 527 Å². The molecule has 89 heavy (non-hydrogen) atoms. The molecule has 1 aliphatic carbocycles. The molecule has 2 fully saturated rings. The zero-order valence-electron chi connectivity index (χ0n) is 51.4. The summed E-state index contributed by atoms with van der Waals surface area (Å²) in [6.07, 6.45) is 4.72. The second-order valence-electron chi connectivity index (χ2n) is 22.3. The van der Waals surface area contributed by atoms with Gasteiger partial charge in [-0.3, -0.25) is 19.7 Å². The number of benzene rings is 3. The summed E-state index contributed by atoms with van der Waals surface area (Å²) in [4.78, 5) is 70.3. The van der Waals surface area contributed by atoms with Gasteiger partial charge in [-0.1, -0.05) is 29.5 Å². The molecule has 2 unspecified atom stereocenters. The van der Waals surface area contributed by atoms with Crippen LogP contribution in [0.2, 0.25) is 0 Å². The molecule has 1 saturated heterocycles. The van der Waals surface area contributed by atoms with Crippen molar-refractivity contribution >= 4 is 57.2 Å². The number of methoxy groups -OCH3 is 1. The molecule has 4 heterocycles. The van der Waals surface area contributed by atoms with Crippen molar-refractivity contribution in [2.75, 3.05) is 131 Å². The highest BCUT2D eigenvalue weighted by Gasteiger charge is 2.43. The van der Waals surface area contributed by atoms with Crippen molar-refractivity contribution in [3.8, 4) is 17.2 Å². The van der Waals surface area contributed by atoms with E-state index < -0.39 is 29.8 Å². The van der Waals surface area contributed by atoms with E-state index in [1.54, 1.807) is 58.9 Å². The number of nitrogens with zero attached hydrogens (tertiary/aromatic N) is 9. The summed E-state index contributed by atoms with van der Waals surface area (Å²) < 4.78 is 65.1. The molecule has 2 atom stereocenters. The zero-order valence-corrected chi connectivity index (χ0v) is 53.0. The van der Waals surface area contributed by atoms with Crippen LogP contribution >= 0.6 is 22.7 Å². The van der Waals surface area contributed by atoms with Crippen LogP contribution in [0.3, 0.4) is 0 Å². The van der Waals surface area contributed by atoms with Gasteiger partial charge in [-0.2, -0.15) is 0 Å². The smallest absolute Gasteiger partial charge is 0.325 e. The Hall–Kier alpha value is -7.20. The van der Waals surface area contributed by atoms with Gasteiger partial charge in [0, 0.05) is 94.1 Å². The second-order valence-corrected chi connectivity index (χ2v) is 24.2. The first-order chi connectivity index (χ1) is 43.1. The Balaban J connectivity index is 0.620. The quantitative estimate of drug-likeness (QED) is 0.0312. The number of anilines is 2. The molecular formula is C63H84F2N12O10S2. The summed E-state index contributed by atoms with van der Waals surface area (Å²) in [7, 11) is 5.69. The number of likely N-dealkylation sites (N-methyl/N-ethyl adjacent to an activating group) is 2. The predicted molar refractivity (Wildman–Crippen MR) is 336 cm³/mol. The van der Waals surface area contributed by atoms with Crippen LogP contribution in [0.25, 0.3) is 0 Å². The highest BCUT2D eigenvalue weighted by Crippen LogP contribution is 2.40. The topological polar surface area (TPSA) is 229 Å². The maximum absolute atomic E-state index is 14.4. The Morgan fingerprint density at radius 1 is 0.753 bits per heavy atom. The molecule has 2 aliphatic rings. The number of piperazine rings is 1. The van der Waals surface area contributed by atoms with Crippen LogP contribution in [0.15, 0.2) is 89.8 Å². The third-order valence-corrected chi connectivity index (χ3v) is 16.8. The fourth-order valence-electron chi connectivity index (χ4n) is 10.2. The average Bonchev–Trinajstić information content (AvgIpc) is 2.50. The van der Waals surface area contributed by atoms with Gasteiger partial charge in [0.1, 0.15) is 23.9 Å². The van der Waals surface area contributed by atoms with Crippen molar-refractivity contribution in [1.29, 1.82) is 0 Å². The number of urea groups is 1. The number of hydrogen-bond acceptors (Lipinski definition) is 18. The van der Waals surface area contributed by atoms with Gasteiger partial charge in [0.15, 0.2) is 11.2 Å². The molecule has 5 amide bonds. The molecule has 3 aromatic heterocycles. The normalized spacial score (nSPS) is 15.2. The number of amides is 5. The number of alkyl halides is 2. The Morgan fingerprint density at radius 2 is 1.45 bits per heavy atom. The van der Waals surface area contributed by atoms with Crippen LogP contribution in [0.4, 0.5) is 24.4 Å². The van der Waals surface area contributed by atoms with Crippen LogP contribution in [0.1, 0.15) is 77.8 Å². The first-order valence-electron chi connectivity index (χ1n) is 30.4. The first-order valence-corrected chi connectivity index (χ1v) is 32.1. The van der Waals surface area contributed by atoms with E-state index in [1.807, 2.05) is 61.5 Å². The molecule has 22 nitrogen and oxygen atoms in total. The number of aryl methyl sites for hydroxylation is 2. The van der Waals surface area contributed by atoms with Gasteiger partial charge in [-0.25, -0.2) is 28.2 Å². The molecule has 26 heteroatoms. The van der Waals surface area contributed by atoms with Gasteiger partial charge in [-0.05, 0) is 119 Å². The van der Waals surface area contributed by atoms with Crippen LogP contribution in [-0.4, -0.2) is 194 Å². The van der Waals surface area contributed by atoms with Crippen LogP contribution in [0, 0.1) is 12.8 Å². The van der Waals surface area contributed by atoms with E-state index in [0.29, 0.717) is 119 Å². The van der Waals surface area contributed by atoms with Gasteiger partial charge in [-0.15, -0.1) is 27.8 Å². The van der Waals surface area contributed by atoms with Crippen LogP contribution in [-0.2, 0) is 60.9 Å². The molecule has 6 aromatic rings. The number of rotatable bonds is 37. The van der Waals surface area contributed by atoms with Crippen molar-refractivity contribution in [2.24, 2.45) is 5.92 Å². The number of carbonyl (C=O) groups is 4. The van der Waals surface area contributed by atoms with E-state index in [0.717, 1.165) is 66.6 Å². The van der Waals surface area contributed by atoms with Crippen molar-refractivity contribution in [2.45, 2.75) is 89.8 Å². The number of nitrogens with one attached hydrogen (secondary N) is 3. The second kappa shape index (κ2) is 35.3. The standard InChI is InChI=1S/C63H84F2N12O10S2/c1-46-67-56(45-88-46)59(60(80)66-41-48-9-14-53(82-4)15-10-48)77(42-49-21-23-63(64,65)40-49)57(78)20-11-47-7-16-54(17-8-47)86-31-6-5-24-73(2)29-33-84-36-35-83-32-22-51-43-76(72-71-51)30-34-85-37-38-87-55-18-12-50(13-19-55)68-61(81)70-62-69-52(44-89-62)39-58(79)75-27-25-74(3)26-28-75/h7-10,12-19,43-45,49,59H,5-6,11,20-42H2,1-4H3,(H,66,80)(H2,68,69,70,81). The number of halogens is 2. The Bertz CT molecular complexity index is 3110. The van der Waals surface area contributed by atoms with Gasteiger partial charge in [0.2, 0.25) is 23.6 Å². The molecule has 3 N–H and O–H groups in total. The lowest BCUT2D eigenvalue weighted by Gasteiger charge is -2.32. The number of thiazole rings is 2. The summed E-state index contributed by atoms with van der Waals surface area (Å²) in [5, 5.41) is 21.7. The van der Waals surface area contributed by atoms with E-state index >= 15 is 0 Å². The van der Waals surface area contributed by atoms with E-state index in [-0.39, 0.29) is 57.0 Å². The maximum Gasteiger partial charge on any atom is 0.325 e. The van der Waals surface area contributed by atoms with Gasteiger partial charge >= 0.3 is 6.03 Å². The SMILES string of the molecule is COc1ccc(CNC(=O)C(c2csc(C)n2)N(CC2CCC(F)(F)C2)C(=O)CCc2ccc(OCCCCN(C)CCOCCOCCc3cn(CCOCCOc4ccc(NC(=O)Nc5nc(CC(=O)N6CCN(C)CC6)cs5)cc4)nn3)cc2)cc1. The Morgan fingerprint density at radius 3 is 2.17 bits per heavy atom. The molecule has 482 valence electrons. The minimum absolute atomic E-state index is 0.0301. The molecule has 0 radical (unpaired) electrons. The lowest BCUT2D eigenvalue weighted by Crippen LogP contribution is -2.47. The molecule has 1 aliphatic heterocycles. The molecule has 0 spiro atoms. The fourth-order valence-corrected chi connectivity index (χ4v) is 11.5. The number of ether oxygens (including phenoxy) is 6. The first kappa shape index (κ1) is 67.7. The third-order valence-electron chi connectivity index (χ3n) is 15.2. The summed E-state index contributed by atoms with van der Waals surface area (Å²) in [5.74, 6) is -1.87. The number of unbranched alkanes of at least 4 members (excludes halogenated alkanes) is 1. The van der Waals surface area contributed by atoms with Crippen LogP contribution in [0.5, 0.6) is 17.2 Å². The lowest BCUT2D eigenvalue weighted by molar-refractivity contribution is -0.142. The van der Waals surface area contributed by atoms with E-state index in [4.69, 9.17) is 28.4 Å². The number of aromatic nitrogens is 5. The minimum Gasteiger partial charge on any atom is -0.497 e. The van der Waals surface area contributed by atoms with Crippen molar-refractivity contribution in [3.05, 3.63) is 123 Å². The van der Waals surface area contributed by atoms with Crippen molar-refractivity contribution in [1.82, 2.24) is 49.9 Å². The summed E-state index contributed by atoms with van der Waals surface area (Å²) >= 11 is 2.65. The number of carbonyl (C=O) groups excluding carboxylic acids is 4. The molecule has 3 aromatic carbocycles. The van der Waals surface area contributed by atoms with Crippen LogP contribution < -0.4 is 30.2 Å². The van der Waals surface area contributed by atoms with Crippen molar-refractivity contribution in [3.63, 3.8) is 0 Å². The average molecular weight is 1270 g/mol. The fraction of sp³-hybridized carbons (Fsp3) is 0.524. The lowest BCUT2D eigenvalue weighted by atomic mass is 10.0. The van der Waals surface area contributed by atoms with Gasteiger partial charge < -0.3 is 58.7 Å². The monoisotopic (exact) mass is 1270 g/mol. The summed E-state index contributed by atoms with van der Waals surface area (Å²) in [5.41, 5.74) is 4.23. The summed E-state index contributed by atoms with van der Waals surface area (Å²) in [6, 6.07) is 20.5. The highest BCUT2D eigenvalue weighted by molar-refractivity contribution is 7.14. The minimum atomic E-state index is -2.80. The van der Waals surface area contributed by atoms with E-state index in [9.17, 15) is 28.0 Å². The molecule has 0 bridgehead atoms. The van der Waals surface area contributed by atoms with E-state index in [1.165, 1.54) is 27.6 Å². The molecule has 8 rings (SSSR count). The summed E-state index contributed by atoms with van der Waals surface area (Å²) in [6.45, 7) is 11.2. The molecule has 1 saturated carbocycles. The predicted octanol–water partition coefficient (Wildman–Crippen LogP) is 8.19. The van der Waals surface area contributed by atoms with E-state index in [2.05, 4.69) is 53.1 Å². The maximum atomic E-state index is 14.4.